The number of anilines is 2. The van der Waals surface area contributed by atoms with Crippen LogP contribution in [0.1, 0.15) is 0 Å². The highest BCUT2D eigenvalue weighted by Gasteiger charge is 2.00. The Bertz CT molecular complexity index is 464. The summed E-state index contributed by atoms with van der Waals surface area (Å²) in [6.07, 6.45) is 3.71. The average molecular weight is 300 g/mol. The number of aromatic nitrogens is 2. The highest BCUT2D eigenvalue weighted by atomic mass is 127. The topological polar surface area (TPSA) is 69.9 Å². The number of hydrogen-bond donors (Lipinski definition) is 2. The Morgan fingerprint density at radius 3 is 2.57 bits per heavy atom. The molecule has 0 radical (unpaired) electrons. The van der Waals surface area contributed by atoms with Gasteiger partial charge in [0.1, 0.15) is 0 Å². The lowest BCUT2D eigenvalue weighted by Gasteiger charge is -2.04. The fourth-order valence-electron chi connectivity index (χ4n) is 1.15. The van der Waals surface area contributed by atoms with E-state index in [1.54, 1.807) is 23.0 Å². The summed E-state index contributed by atoms with van der Waals surface area (Å²) in [6, 6.07) is 5.46. The van der Waals surface area contributed by atoms with Gasteiger partial charge in [0.25, 0.3) is 0 Å². The van der Waals surface area contributed by atoms with E-state index in [4.69, 9.17) is 11.5 Å². The van der Waals surface area contributed by atoms with Crippen LogP contribution in [0.5, 0.6) is 0 Å². The summed E-state index contributed by atoms with van der Waals surface area (Å²) in [7, 11) is 0. The predicted octanol–water partition coefficient (Wildman–Crippen LogP) is 1.64. The molecule has 1 heterocycles. The summed E-state index contributed by atoms with van der Waals surface area (Å²) in [5, 5.41) is 4.17. The number of nitrogens with two attached hydrogens (primary N) is 2. The number of nitrogens with zero attached hydrogens (tertiary/aromatic N) is 2. The van der Waals surface area contributed by atoms with Crippen LogP contribution in [0.15, 0.2) is 30.6 Å². The molecule has 5 heteroatoms. The van der Waals surface area contributed by atoms with E-state index in [1.807, 2.05) is 12.3 Å². The summed E-state index contributed by atoms with van der Waals surface area (Å²) in [5.74, 6) is 0. The molecule has 0 aliphatic rings. The first-order valence-corrected chi connectivity index (χ1v) is 5.10. The molecular formula is C9H9IN4. The highest BCUT2D eigenvalue weighted by molar-refractivity contribution is 14.1. The van der Waals surface area contributed by atoms with Crippen molar-refractivity contribution in [3.8, 4) is 5.69 Å². The second kappa shape index (κ2) is 3.49. The molecule has 0 saturated heterocycles. The van der Waals surface area contributed by atoms with Gasteiger partial charge in [0.05, 0.1) is 26.8 Å². The SMILES string of the molecule is Nc1ccc(-n2cc(I)cn2)cc1N. The summed E-state index contributed by atoms with van der Waals surface area (Å²) in [4.78, 5) is 0. The van der Waals surface area contributed by atoms with Crippen LogP contribution < -0.4 is 11.5 Å². The first-order chi connectivity index (χ1) is 6.66. The van der Waals surface area contributed by atoms with Crippen molar-refractivity contribution in [2.75, 3.05) is 11.5 Å². The largest absolute Gasteiger partial charge is 0.397 e. The van der Waals surface area contributed by atoms with Crippen LogP contribution in [0.4, 0.5) is 11.4 Å². The fourth-order valence-corrected chi connectivity index (χ4v) is 1.54. The van der Waals surface area contributed by atoms with E-state index in [-0.39, 0.29) is 0 Å². The van der Waals surface area contributed by atoms with Gasteiger partial charge in [0, 0.05) is 6.20 Å². The number of benzene rings is 1. The Morgan fingerprint density at radius 2 is 2.00 bits per heavy atom. The summed E-state index contributed by atoms with van der Waals surface area (Å²) in [5.41, 5.74) is 13.4. The van der Waals surface area contributed by atoms with Crippen molar-refractivity contribution in [1.82, 2.24) is 9.78 Å². The molecule has 2 rings (SSSR count). The average Bonchev–Trinajstić information content (AvgIpc) is 2.57. The van der Waals surface area contributed by atoms with E-state index >= 15 is 0 Å². The lowest BCUT2D eigenvalue weighted by atomic mass is 10.2. The minimum absolute atomic E-state index is 0.577. The molecule has 4 nitrogen and oxygen atoms in total. The van der Waals surface area contributed by atoms with Crippen molar-refractivity contribution in [2.24, 2.45) is 0 Å². The van der Waals surface area contributed by atoms with Crippen LogP contribution in [0.3, 0.4) is 0 Å². The molecule has 0 fully saturated rings. The van der Waals surface area contributed by atoms with Crippen molar-refractivity contribution < 1.29 is 0 Å². The maximum absolute atomic E-state index is 5.70. The van der Waals surface area contributed by atoms with Gasteiger partial charge in [-0.3, -0.25) is 0 Å². The zero-order valence-corrected chi connectivity index (χ0v) is 9.47. The molecule has 0 unspecified atom stereocenters. The molecule has 0 spiro atoms. The lowest BCUT2D eigenvalue weighted by molar-refractivity contribution is 0.881. The van der Waals surface area contributed by atoms with Gasteiger partial charge in [-0.25, -0.2) is 4.68 Å². The molecule has 1 aromatic heterocycles. The van der Waals surface area contributed by atoms with Gasteiger partial charge in [-0.2, -0.15) is 5.10 Å². The van der Waals surface area contributed by atoms with Gasteiger partial charge in [-0.1, -0.05) is 0 Å². The van der Waals surface area contributed by atoms with Gasteiger partial charge >= 0.3 is 0 Å². The monoisotopic (exact) mass is 300 g/mol. The summed E-state index contributed by atoms with van der Waals surface area (Å²) < 4.78 is 2.84. The van der Waals surface area contributed by atoms with Gasteiger partial charge in [-0.05, 0) is 40.8 Å². The lowest BCUT2D eigenvalue weighted by Crippen LogP contribution is -1.99. The molecule has 4 N–H and O–H groups in total. The minimum atomic E-state index is 0.577. The molecular weight excluding hydrogens is 291 g/mol. The molecule has 0 saturated carbocycles. The fraction of sp³-hybridized carbons (Fsp3) is 0. The Labute approximate surface area is 95.0 Å². The smallest absolute Gasteiger partial charge is 0.0668 e. The first kappa shape index (κ1) is 9.32. The third-order valence-corrected chi connectivity index (χ3v) is 2.44. The van der Waals surface area contributed by atoms with Gasteiger partial charge in [-0.15, -0.1) is 0 Å². The molecule has 0 aliphatic heterocycles. The zero-order valence-electron chi connectivity index (χ0n) is 7.31. The molecule has 0 aliphatic carbocycles. The second-order valence-corrected chi connectivity index (χ2v) is 4.16. The van der Waals surface area contributed by atoms with Crippen molar-refractivity contribution in [3.05, 3.63) is 34.2 Å². The van der Waals surface area contributed by atoms with Crippen LogP contribution in [0.2, 0.25) is 0 Å². The minimum Gasteiger partial charge on any atom is -0.397 e. The third-order valence-electron chi connectivity index (χ3n) is 1.89. The third kappa shape index (κ3) is 1.67. The quantitative estimate of drug-likeness (QED) is 0.621. The molecule has 0 amide bonds. The van der Waals surface area contributed by atoms with E-state index in [0.29, 0.717) is 11.4 Å². The second-order valence-electron chi connectivity index (χ2n) is 2.92. The maximum Gasteiger partial charge on any atom is 0.0668 e. The maximum atomic E-state index is 5.70. The molecule has 0 bridgehead atoms. The molecule has 14 heavy (non-hydrogen) atoms. The van der Waals surface area contributed by atoms with E-state index in [9.17, 15) is 0 Å². The highest BCUT2D eigenvalue weighted by Crippen LogP contribution is 2.18. The van der Waals surface area contributed by atoms with Crippen molar-refractivity contribution in [1.29, 1.82) is 0 Å². The van der Waals surface area contributed by atoms with Crippen LogP contribution in [-0.2, 0) is 0 Å². The van der Waals surface area contributed by atoms with Crippen molar-refractivity contribution in [2.45, 2.75) is 0 Å². The number of nitrogen functional groups attached to an aromatic ring is 2. The van der Waals surface area contributed by atoms with Crippen LogP contribution >= 0.6 is 22.6 Å². The van der Waals surface area contributed by atoms with Crippen molar-refractivity contribution >= 4 is 34.0 Å². The zero-order chi connectivity index (χ0) is 10.1. The number of halogens is 1. The standard InChI is InChI=1S/C9H9IN4/c10-6-4-13-14(5-6)7-1-2-8(11)9(12)3-7/h1-5H,11-12H2. The van der Waals surface area contributed by atoms with E-state index < -0.39 is 0 Å². The number of rotatable bonds is 1. The van der Waals surface area contributed by atoms with E-state index in [1.165, 1.54) is 0 Å². The molecule has 72 valence electrons. The molecule has 2 aromatic rings. The van der Waals surface area contributed by atoms with Crippen LogP contribution in [0, 0.1) is 3.57 Å². The molecule has 0 atom stereocenters. The van der Waals surface area contributed by atoms with Crippen LogP contribution in [0.25, 0.3) is 5.69 Å². The Kier molecular flexibility index (Phi) is 2.32. The van der Waals surface area contributed by atoms with E-state index in [0.717, 1.165) is 9.26 Å². The Balaban J connectivity index is 2.47. The van der Waals surface area contributed by atoms with Crippen LogP contribution in [-0.4, -0.2) is 9.78 Å². The predicted molar refractivity (Wildman–Crippen MR) is 65.1 cm³/mol. The Hall–Kier alpha value is -1.24. The summed E-state index contributed by atoms with van der Waals surface area (Å²) >= 11 is 2.20. The molecule has 1 aromatic carbocycles. The number of hydrogen-bond acceptors (Lipinski definition) is 3. The normalized spacial score (nSPS) is 10.4. The van der Waals surface area contributed by atoms with Gasteiger partial charge < -0.3 is 11.5 Å². The van der Waals surface area contributed by atoms with Crippen molar-refractivity contribution in [3.63, 3.8) is 0 Å². The first-order valence-electron chi connectivity index (χ1n) is 4.02. The Morgan fingerprint density at radius 1 is 1.21 bits per heavy atom. The summed E-state index contributed by atoms with van der Waals surface area (Å²) in [6.45, 7) is 0. The van der Waals surface area contributed by atoms with Gasteiger partial charge in [0.15, 0.2) is 0 Å². The van der Waals surface area contributed by atoms with Gasteiger partial charge in [0.2, 0.25) is 0 Å². The van der Waals surface area contributed by atoms with E-state index in [2.05, 4.69) is 27.7 Å².